The highest BCUT2D eigenvalue weighted by atomic mass is 32.2. The van der Waals surface area contributed by atoms with E-state index < -0.39 is 10.8 Å². The zero-order valence-electron chi connectivity index (χ0n) is 11.8. The van der Waals surface area contributed by atoms with E-state index in [4.69, 9.17) is 10.5 Å². The third kappa shape index (κ3) is 3.36. The number of benzene rings is 1. The van der Waals surface area contributed by atoms with Gasteiger partial charge in [-0.05, 0) is 31.5 Å². The third-order valence-electron chi connectivity index (χ3n) is 2.91. The Balaban J connectivity index is 2.25. The van der Waals surface area contributed by atoms with Gasteiger partial charge in [0.2, 0.25) is 0 Å². The van der Waals surface area contributed by atoms with Crippen molar-refractivity contribution in [3.05, 3.63) is 47.3 Å². The number of aromatic nitrogens is 1. The summed E-state index contributed by atoms with van der Waals surface area (Å²) in [5.74, 6) is 1.05. The minimum absolute atomic E-state index is 0.325. The van der Waals surface area contributed by atoms with Crippen LogP contribution >= 0.6 is 0 Å². The lowest BCUT2D eigenvalue weighted by Gasteiger charge is -2.08. The maximum Gasteiger partial charge on any atom is 0.122 e. The van der Waals surface area contributed by atoms with E-state index in [0.29, 0.717) is 16.3 Å². The second kappa shape index (κ2) is 6.05. The molecule has 0 aliphatic rings. The number of pyridine rings is 1. The fourth-order valence-corrected chi connectivity index (χ4v) is 3.10. The van der Waals surface area contributed by atoms with Crippen molar-refractivity contribution in [3.63, 3.8) is 0 Å². The zero-order chi connectivity index (χ0) is 14.7. The molecule has 2 N–H and O–H groups in total. The SMILES string of the molecule is COc1cc(C)nc(CS(=O)c2ccc(C)cc2N)c1. The van der Waals surface area contributed by atoms with Crippen molar-refractivity contribution >= 4 is 16.5 Å². The van der Waals surface area contributed by atoms with E-state index >= 15 is 0 Å². The molecule has 0 bridgehead atoms. The monoisotopic (exact) mass is 290 g/mol. The first kappa shape index (κ1) is 14.5. The first-order chi connectivity index (χ1) is 9.49. The molecule has 0 aliphatic heterocycles. The van der Waals surface area contributed by atoms with Crippen molar-refractivity contribution in [3.8, 4) is 5.75 Å². The summed E-state index contributed by atoms with van der Waals surface area (Å²) < 4.78 is 17.6. The molecule has 0 spiro atoms. The number of nitrogens with zero attached hydrogens (tertiary/aromatic N) is 1. The van der Waals surface area contributed by atoms with Crippen LogP contribution in [0.3, 0.4) is 0 Å². The fraction of sp³-hybridized carbons (Fsp3) is 0.267. The molecule has 0 saturated heterocycles. The predicted octanol–water partition coefficient (Wildman–Crippen LogP) is 2.60. The van der Waals surface area contributed by atoms with Gasteiger partial charge in [-0.25, -0.2) is 0 Å². The highest BCUT2D eigenvalue weighted by Crippen LogP contribution is 2.21. The molecule has 0 amide bonds. The van der Waals surface area contributed by atoms with Crippen LogP contribution in [0.4, 0.5) is 5.69 Å². The van der Waals surface area contributed by atoms with Crippen LogP contribution in [0.25, 0.3) is 0 Å². The summed E-state index contributed by atoms with van der Waals surface area (Å²) in [5.41, 5.74) is 9.11. The molecule has 20 heavy (non-hydrogen) atoms. The Morgan fingerprint density at radius 2 is 2.00 bits per heavy atom. The van der Waals surface area contributed by atoms with Gasteiger partial charge in [0.15, 0.2) is 0 Å². The molecule has 106 valence electrons. The van der Waals surface area contributed by atoms with Crippen LogP contribution in [0.1, 0.15) is 17.0 Å². The maximum absolute atomic E-state index is 12.4. The molecule has 1 atom stereocenters. The summed E-state index contributed by atoms with van der Waals surface area (Å²) in [4.78, 5) is 5.03. The van der Waals surface area contributed by atoms with Gasteiger partial charge in [-0.15, -0.1) is 0 Å². The number of nitrogen functional groups attached to an aromatic ring is 1. The molecule has 2 aromatic rings. The molecule has 0 aliphatic carbocycles. The molecular weight excluding hydrogens is 272 g/mol. The summed E-state index contributed by atoms with van der Waals surface area (Å²) in [6.07, 6.45) is 0. The lowest BCUT2D eigenvalue weighted by Crippen LogP contribution is -2.03. The maximum atomic E-state index is 12.4. The lowest BCUT2D eigenvalue weighted by atomic mass is 10.2. The molecule has 0 saturated carbocycles. The lowest BCUT2D eigenvalue weighted by molar-refractivity contribution is 0.413. The van der Waals surface area contributed by atoms with Crippen molar-refractivity contribution < 1.29 is 8.95 Å². The van der Waals surface area contributed by atoms with Crippen molar-refractivity contribution in [1.82, 2.24) is 4.98 Å². The largest absolute Gasteiger partial charge is 0.497 e. The summed E-state index contributed by atoms with van der Waals surface area (Å²) >= 11 is 0. The molecule has 5 heteroatoms. The quantitative estimate of drug-likeness (QED) is 0.879. The van der Waals surface area contributed by atoms with Crippen molar-refractivity contribution in [2.75, 3.05) is 12.8 Å². The van der Waals surface area contributed by atoms with E-state index in [1.54, 1.807) is 13.2 Å². The van der Waals surface area contributed by atoms with Crippen molar-refractivity contribution in [2.45, 2.75) is 24.5 Å². The highest BCUT2D eigenvalue weighted by Gasteiger charge is 2.11. The number of ether oxygens (including phenoxy) is 1. The molecule has 2 rings (SSSR count). The molecule has 1 heterocycles. The van der Waals surface area contributed by atoms with Crippen LogP contribution < -0.4 is 10.5 Å². The summed E-state index contributed by atoms with van der Waals surface area (Å²) in [6, 6.07) is 9.20. The topological polar surface area (TPSA) is 65.2 Å². The standard InChI is InChI=1S/C15H18N2O2S/c1-10-4-5-15(14(16)6-10)20(18)9-12-8-13(19-3)7-11(2)17-12/h4-8H,9,16H2,1-3H3. The van der Waals surface area contributed by atoms with Crippen LogP contribution in [0.15, 0.2) is 35.2 Å². The molecule has 1 aromatic heterocycles. The Hall–Kier alpha value is -1.88. The van der Waals surface area contributed by atoms with Crippen LogP contribution in [-0.2, 0) is 16.6 Å². The van der Waals surface area contributed by atoms with E-state index in [2.05, 4.69) is 4.98 Å². The van der Waals surface area contributed by atoms with Gasteiger partial charge in [0.25, 0.3) is 0 Å². The average Bonchev–Trinajstić information content (AvgIpc) is 2.37. The molecule has 0 fully saturated rings. The summed E-state index contributed by atoms with van der Waals surface area (Å²) in [5, 5.41) is 0. The first-order valence-electron chi connectivity index (χ1n) is 6.25. The number of anilines is 1. The van der Waals surface area contributed by atoms with Gasteiger partial charge in [-0.1, -0.05) is 6.07 Å². The van der Waals surface area contributed by atoms with E-state index in [-0.39, 0.29) is 0 Å². The van der Waals surface area contributed by atoms with Crippen LogP contribution in [-0.4, -0.2) is 16.3 Å². The molecular formula is C15H18N2O2S. The number of nitrogens with two attached hydrogens (primary N) is 1. The van der Waals surface area contributed by atoms with Gasteiger partial charge in [0, 0.05) is 23.5 Å². The summed E-state index contributed by atoms with van der Waals surface area (Å²) in [7, 11) is 0.389. The van der Waals surface area contributed by atoms with E-state index in [0.717, 1.165) is 22.7 Å². The molecule has 1 unspecified atom stereocenters. The van der Waals surface area contributed by atoms with E-state index in [1.165, 1.54) is 0 Å². The van der Waals surface area contributed by atoms with Crippen LogP contribution in [0.2, 0.25) is 0 Å². The van der Waals surface area contributed by atoms with Crippen LogP contribution in [0.5, 0.6) is 5.75 Å². The van der Waals surface area contributed by atoms with Gasteiger partial charge < -0.3 is 10.5 Å². The van der Waals surface area contributed by atoms with E-state index in [9.17, 15) is 4.21 Å². The fourth-order valence-electron chi connectivity index (χ4n) is 1.98. The van der Waals surface area contributed by atoms with Crippen molar-refractivity contribution in [2.24, 2.45) is 0 Å². The van der Waals surface area contributed by atoms with Crippen LogP contribution in [0, 0.1) is 13.8 Å². The molecule has 1 aromatic carbocycles. The Kier molecular flexibility index (Phi) is 4.39. The number of aryl methyl sites for hydroxylation is 2. The van der Waals surface area contributed by atoms with Gasteiger partial charge >= 0.3 is 0 Å². The van der Waals surface area contributed by atoms with Gasteiger partial charge in [-0.2, -0.15) is 0 Å². The summed E-state index contributed by atoms with van der Waals surface area (Å²) in [6.45, 7) is 3.84. The second-order valence-corrected chi connectivity index (χ2v) is 6.09. The second-order valence-electron chi connectivity index (χ2n) is 4.67. The number of hydrogen-bond acceptors (Lipinski definition) is 4. The Bertz CT molecular complexity index is 656. The first-order valence-corrected chi connectivity index (χ1v) is 7.57. The Labute approximate surface area is 121 Å². The normalized spacial score (nSPS) is 12.2. The third-order valence-corrected chi connectivity index (χ3v) is 4.33. The minimum Gasteiger partial charge on any atom is -0.497 e. The minimum atomic E-state index is -1.22. The number of methoxy groups -OCH3 is 1. The molecule has 4 nitrogen and oxygen atoms in total. The van der Waals surface area contributed by atoms with Crippen molar-refractivity contribution in [1.29, 1.82) is 0 Å². The van der Waals surface area contributed by atoms with Gasteiger partial charge in [0.1, 0.15) is 5.75 Å². The van der Waals surface area contributed by atoms with Gasteiger partial charge in [-0.3, -0.25) is 9.19 Å². The Morgan fingerprint density at radius 1 is 1.25 bits per heavy atom. The smallest absolute Gasteiger partial charge is 0.122 e. The number of rotatable bonds is 4. The van der Waals surface area contributed by atoms with Gasteiger partial charge in [0.05, 0.1) is 34.3 Å². The Morgan fingerprint density at radius 3 is 2.65 bits per heavy atom. The number of hydrogen-bond donors (Lipinski definition) is 1. The average molecular weight is 290 g/mol. The highest BCUT2D eigenvalue weighted by molar-refractivity contribution is 7.84. The predicted molar refractivity (Wildman–Crippen MR) is 81.2 cm³/mol. The molecule has 0 radical (unpaired) electrons. The van der Waals surface area contributed by atoms with E-state index in [1.807, 2.05) is 38.1 Å². The zero-order valence-corrected chi connectivity index (χ0v) is 12.7.